The van der Waals surface area contributed by atoms with Crippen LogP contribution in [0.25, 0.3) is 0 Å². The normalized spacial score (nSPS) is 17.2. The summed E-state index contributed by atoms with van der Waals surface area (Å²) in [6, 6.07) is 13.1. The van der Waals surface area contributed by atoms with Crippen LogP contribution in [-0.2, 0) is 11.3 Å². The summed E-state index contributed by atoms with van der Waals surface area (Å²) in [5.41, 5.74) is 1.73. The van der Waals surface area contributed by atoms with Crippen molar-refractivity contribution in [1.29, 1.82) is 0 Å². The second-order valence-electron chi connectivity index (χ2n) is 6.93. The summed E-state index contributed by atoms with van der Waals surface area (Å²) in [6.07, 6.45) is 6.98. The van der Waals surface area contributed by atoms with E-state index in [0.717, 1.165) is 38.2 Å². The zero-order chi connectivity index (χ0) is 19.2. The van der Waals surface area contributed by atoms with Gasteiger partial charge in [-0.3, -0.25) is 19.8 Å². The average Bonchev–Trinajstić information content (AvgIpc) is 3.23. The van der Waals surface area contributed by atoms with Crippen LogP contribution >= 0.6 is 0 Å². The van der Waals surface area contributed by atoms with Crippen molar-refractivity contribution in [3.63, 3.8) is 0 Å². The highest BCUT2D eigenvalue weighted by Crippen LogP contribution is 2.30. The van der Waals surface area contributed by atoms with Crippen molar-refractivity contribution < 1.29 is 9.53 Å². The molecule has 1 amide bonds. The minimum absolute atomic E-state index is 0.0246. The monoisotopic (exact) mass is 377 g/mol. The molecule has 7 nitrogen and oxygen atoms in total. The molecule has 1 aliphatic rings. The molecule has 3 heterocycles. The minimum atomic E-state index is -0.0527. The fourth-order valence-electron chi connectivity index (χ4n) is 3.45. The number of hydrogen-bond acceptors (Lipinski definition) is 5. The molecule has 7 heteroatoms. The van der Waals surface area contributed by atoms with Crippen molar-refractivity contribution >= 4 is 11.6 Å². The Kier molecular flexibility index (Phi) is 5.63. The van der Waals surface area contributed by atoms with Crippen LogP contribution < -0.4 is 10.1 Å². The first-order chi connectivity index (χ1) is 13.8. The van der Waals surface area contributed by atoms with E-state index in [1.807, 2.05) is 42.5 Å². The van der Waals surface area contributed by atoms with Crippen molar-refractivity contribution in [1.82, 2.24) is 20.1 Å². The fourth-order valence-corrected chi connectivity index (χ4v) is 3.45. The number of amides is 1. The molecule has 0 bridgehead atoms. The summed E-state index contributed by atoms with van der Waals surface area (Å²) >= 11 is 0. The molecule has 0 saturated carbocycles. The van der Waals surface area contributed by atoms with E-state index in [4.69, 9.17) is 4.74 Å². The number of nitrogens with zero attached hydrogens (tertiary/aromatic N) is 3. The number of rotatable bonds is 6. The third kappa shape index (κ3) is 4.55. The standard InChI is InChI=1S/C21H23N5O2/c27-21(16-5-4-12-26(14-16)15-17-9-11-23-25-17)24-19-7-1-2-8-20(19)28-18-6-3-10-22-13-18/h1-3,6-11,13,16H,4-5,12,14-15H2,(H,23,25)(H,24,27)/t16-/m1/s1. The molecule has 0 radical (unpaired) electrons. The van der Waals surface area contributed by atoms with E-state index in [2.05, 4.69) is 25.4 Å². The van der Waals surface area contributed by atoms with Crippen molar-refractivity contribution in [3.8, 4) is 11.5 Å². The highest BCUT2D eigenvalue weighted by Gasteiger charge is 2.26. The molecule has 144 valence electrons. The van der Waals surface area contributed by atoms with Crippen molar-refractivity contribution in [3.05, 3.63) is 66.7 Å². The maximum atomic E-state index is 12.9. The number of aromatic nitrogens is 3. The molecule has 1 fully saturated rings. The van der Waals surface area contributed by atoms with E-state index < -0.39 is 0 Å². The van der Waals surface area contributed by atoms with Gasteiger partial charge in [0.05, 0.1) is 17.8 Å². The number of nitrogens with one attached hydrogen (secondary N) is 2. The van der Waals surface area contributed by atoms with Crippen LogP contribution in [-0.4, -0.2) is 39.1 Å². The Morgan fingerprint density at radius 1 is 1.21 bits per heavy atom. The van der Waals surface area contributed by atoms with Crippen LogP contribution in [0.3, 0.4) is 0 Å². The van der Waals surface area contributed by atoms with Crippen LogP contribution in [0.1, 0.15) is 18.5 Å². The van der Waals surface area contributed by atoms with Gasteiger partial charge in [-0.25, -0.2) is 0 Å². The number of benzene rings is 1. The molecule has 1 atom stereocenters. The van der Waals surface area contributed by atoms with Gasteiger partial charge in [0.25, 0.3) is 0 Å². The van der Waals surface area contributed by atoms with Crippen LogP contribution in [0.2, 0.25) is 0 Å². The summed E-state index contributed by atoms with van der Waals surface area (Å²) in [6.45, 7) is 2.50. The Balaban J connectivity index is 1.40. The van der Waals surface area contributed by atoms with Crippen LogP contribution in [0.5, 0.6) is 11.5 Å². The summed E-state index contributed by atoms with van der Waals surface area (Å²) in [7, 11) is 0. The van der Waals surface area contributed by atoms with Gasteiger partial charge in [0.2, 0.25) is 5.91 Å². The number of para-hydroxylation sites is 2. The van der Waals surface area contributed by atoms with E-state index in [1.54, 1.807) is 18.6 Å². The zero-order valence-corrected chi connectivity index (χ0v) is 15.5. The molecule has 4 rings (SSSR count). The Bertz CT molecular complexity index is 898. The smallest absolute Gasteiger partial charge is 0.228 e. The number of aromatic amines is 1. The maximum absolute atomic E-state index is 12.9. The van der Waals surface area contributed by atoms with Crippen molar-refractivity contribution in [2.75, 3.05) is 18.4 Å². The summed E-state index contributed by atoms with van der Waals surface area (Å²) < 4.78 is 5.89. The zero-order valence-electron chi connectivity index (χ0n) is 15.5. The number of ether oxygens (including phenoxy) is 1. The van der Waals surface area contributed by atoms with Gasteiger partial charge in [-0.15, -0.1) is 0 Å². The second kappa shape index (κ2) is 8.67. The number of carbonyl (C=O) groups excluding carboxylic acids is 1. The first-order valence-corrected chi connectivity index (χ1v) is 9.46. The summed E-state index contributed by atoms with van der Waals surface area (Å²) in [5.74, 6) is 1.21. The molecule has 1 aromatic carbocycles. The molecule has 1 saturated heterocycles. The van der Waals surface area contributed by atoms with Crippen molar-refractivity contribution in [2.45, 2.75) is 19.4 Å². The summed E-state index contributed by atoms with van der Waals surface area (Å²) in [5, 5.41) is 10.0. The number of anilines is 1. The van der Waals surface area contributed by atoms with E-state index in [-0.39, 0.29) is 11.8 Å². The quantitative estimate of drug-likeness (QED) is 0.687. The van der Waals surface area contributed by atoms with Crippen LogP contribution in [0.4, 0.5) is 5.69 Å². The molecule has 28 heavy (non-hydrogen) atoms. The summed E-state index contributed by atoms with van der Waals surface area (Å²) in [4.78, 5) is 19.2. The Morgan fingerprint density at radius 3 is 2.96 bits per heavy atom. The number of pyridine rings is 1. The number of carbonyl (C=O) groups is 1. The highest BCUT2D eigenvalue weighted by atomic mass is 16.5. The number of hydrogen-bond donors (Lipinski definition) is 2. The van der Waals surface area contributed by atoms with Gasteiger partial charge in [-0.1, -0.05) is 12.1 Å². The lowest BCUT2D eigenvalue weighted by molar-refractivity contribution is -0.121. The van der Waals surface area contributed by atoms with Gasteiger partial charge in [-0.2, -0.15) is 5.10 Å². The second-order valence-corrected chi connectivity index (χ2v) is 6.93. The highest BCUT2D eigenvalue weighted by molar-refractivity contribution is 5.94. The molecule has 0 unspecified atom stereocenters. The predicted molar refractivity (Wildman–Crippen MR) is 106 cm³/mol. The van der Waals surface area contributed by atoms with Gasteiger partial charge in [0.15, 0.2) is 5.75 Å². The lowest BCUT2D eigenvalue weighted by atomic mass is 9.97. The topological polar surface area (TPSA) is 83.1 Å². The van der Waals surface area contributed by atoms with Gasteiger partial charge in [0.1, 0.15) is 5.75 Å². The van der Waals surface area contributed by atoms with Crippen LogP contribution in [0, 0.1) is 5.92 Å². The third-order valence-corrected chi connectivity index (χ3v) is 4.84. The molecular formula is C21H23N5O2. The average molecular weight is 377 g/mol. The van der Waals surface area contributed by atoms with E-state index >= 15 is 0 Å². The number of likely N-dealkylation sites (tertiary alicyclic amines) is 1. The first kappa shape index (κ1) is 18.2. The van der Waals surface area contributed by atoms with Crippen molar-refractivity contribution in [2.24, 2.45) is 5.92 Å². The molecular weight excluding hydrogens is 354 g/mol. The van der Waals surface area contributed by atoms with E-state index in [0.29, 0.717) is 17.2 Å². The van der Waals surface area contributed by atoms with E-state index in [9.17, 15) is 4.79 Å². The molecule has 2 N–H and O–H groups in total. The van der Waals surface area contributed by atoms with Gasteiger partial charge >= 0.3 is 0 Å². The first-order valence-electron chi connectivity index (χ1n) is 9.46. The van der Waals surface area contributed by atoms with Gasteiger partial charge < -0.3 is 10.1 Å². The lowest BCUT2D eigenvalue weighted by Crippen LogP contribution is -2.40. The maximum Gasteiger partial charge on any atom is 0.228 e. The fraction of sp³-hybridized carbons (Fsp3) is 0.286. The minimum Gasteiger partial charge on any atom is -0.454 e. The van der Waals surface area contributed by atoms with E-state index in [1.165, 1.54) is 0 Å². The number of piperidine rings is 1. The molecule has 0 spiro atoms. The lowest BCUT2D eigenvalue weighted by Gasteiger charge is -2.31. The molecule has 1 aliphatic heterocycles. The Labute approximate surface area is 163 Å². The Hall–Kier alpha value is -3.19. The van der Waals surface area contributed by atoms with Crippen LogP contribution in [0.15, 0.2) is 61.1 Å². The SMILES string of the molecule is O=C(Nc1ccccc1Oc1cccnc1)[C@@H]1CCCN(Cc2ccn[nH]2)C1. The van der Waals surface area contributed by atoms with Gasteiger partial charge in [-0.05, 0) is 49.7 Å². The third-order valence-electron chi connectivity index (χ3n) is 4.84. The number of H-pyrrole nitrogens is 1. The molecule has 2 aromatic heterocycles. The molecule has 3 aromatic rings. The Morgan fingerprint density at radius 2 is 2.14 bits per heavy atom. The molecule has 0 aliphatic carbocycles. The predicted octanol–water partition coefficient (Wildman–Crippen LogP) is 3.45. The van der Waals surface area contributed by atoms with Gasteiger partial charge in [0, 0.05) is 31.2 Å². The largest absolute Gasteiger partial charge is 0.454 e.